The van der Waals surface area contributed by atoms with Crippen molar-refractivity contribution in [2.75, 3.05) is 6.54 Å². The van der Waals surface area contributed by atoms with E-state index in [-0.39, 0.29) is 5.82 Å². The van der Waals surface area contributed by atoms with Crippen molar-refractivity contribution < 1.29 is 8.81 Å². The molecule has 0 bridgehead atoms. The molecule has 1 aromatic heterocycles. The minimum Gasteiger partial charge on any atom is -0.460 e. The van der Waals surface area contributed by atoms with Crippen LogP contribution in [0.3, 0.4) is 0 Å². The molecular weight excluding hydrogens is 253 g/mol. The second-order valence-corrected chi connectivity index (χ2v) is 4.47. The maximum atomic E-state index is 12.9. The predicted octanol–water partition coefficient (Wildman–Crippen LogP) is 4.24. The van der Waals surface area contributed by atoms with Gasteiger partial charge in [0.1, 0.15) is 17.3 Å². The molecule has 0 radical (unpaired) electrons. The molecule has 2 rings (SSSR count). The Morgan fingerprint density at radius 2 is 2.11 bits per heavy atom. The highest BCUT2D eigenvalue weighted by molar-refractivity contribution is 6.33. The van der Waals surface area contributed by atoms with Gasteiger partial charge in [0.05, 0.1) is 11.6 Å². The van der Waals surface area contributed by atoms with Crippen molar-refractivity contribution in [2.24, 2.45) is 0 Å². The second-order valence-electron chi connectivity index (χ2n) is 4.07. The Bertz CT molecular complexity index is 524. The van der Waals surface area contributed by atoms with Crippen LogP contribution in [0.1, 0.15) is 19.1 Å². The third kappa shape index (κ3) is 3.12. The zero-order valence-corrected chi connectivity index (χ0v) is 10.9. The molecule has 0 amide bonds. The van der Waals surface area contributed by atoms with Gasteiger partial charge in [-0.15, -0.1) is 0 Å². The Morgan fingerprint density at radius 3 is 2.83 bits per heavy atom. The largest absolute Gasteiger partial charge is 0.460 e. The summed E-state index contributed by atoms with van der Waals surface area (Å²) in [5, 5.41) is 3.61. The molecule has 0 aliphatic heterocycles. The fourth-order valence-corrected chi connectivity index (χ4v) is 1.96. The van der Waals surface area contributed by atoms with Gasteiger partial charge < -0.3 is 9.73 Å². The lowest BCUT2D eigenvalue weighted by Gasteiger charge is -2.02. The summed E-state index contributed by atoms with van der Waals surface area (Å²) in [6, 6.07) is 8.03. The number of hydrogen-bond donors (Lipinski definition) is 1. The monoisotopic (exact) mass is 267 g/mol. The van der Waals surface area contributed by atoms with Crippen LogP contribution in [-0.2, 0) is 6.54 Å². The standard InChI is InChI=1S/C14H15ClFNO/c1-2-7-17-9-11-4-6-14(18-11)12-5-3-10(16)8-13(12)15/h3-6,8,17H,2,7,9H2,1H3. The molecule has 18 heavy (non-hydrogen) atoms. The summed E-state index contributed by atoms with van der Waals surface area (Å²) in [4.78, 5) is 0. The summed E-state index contributed by atoms with van der Waals surface area (Å²) in [6.45, 7) is 3.75. The van der Waals surface area contributed by atoms with E-state index in [2.05, 4.69) is 12.2 Å². The summed E-state index contributed by atoms with van der Waals surface area (Å²) in [5.41, 5.74) is 0.708. The Hall–Kier alpha value is -1.32. The molecule has 4 heteroatoms. The smallest absolute Gasteiger partial charge is 0.135 e. The second kappa shape index (κ2) is 6.03. The van der Waals surface area contributed by atoms with Gasteiger partial charge in [0, 0.05) is 5.56 Å². The molecule has 1 aromatic carbocycles. The first-order valence-electron chi connectivity index (χ1n) is 5.95. The van der Waals surface area contributed by atoms with Crippen molar-refractivity contribution in [3.8, 4) is 11.3 Å². The van der Waals surface area contributed by atoms with E-state index in [1.54, 1.807) is 6.07 Å². The number of hydrogen-bond acceptors (Lipinski definition) is 2. The van der Waals surface area contributed by atoms with E-state index in [1.807, 2.05) is 12.1 Å². The van der Waals surface area contributed by atoms with Gasteiger partial charge in [0.15, 0.2) is 0 Å². The Morgan fingerprint density at radius 1 is 1.28 bits per heavy atom. The number of nitrogens with one attached hydrogen (secondary N) is 1. The third-order valence-electron chi connectivity index (χ3n) is 2.58. The first-order chi connectivity index (χ1) is 8.70. The fraction of sp³-hybridized carbons (Fsp3) is 0.286. The normalized spacial score (nSPS) is 10.8. The molecule has 0 saturated carbocycles. The maximum Gasteiger partial charge on any atom is 0.135 e. The molecule has 96 valence electrons. The molecule has 0 spiro atoms. The third-order valence-corrected chi connectivity index (χ3v) is 2.90. The quantitative estimate of drug-likeness (QED) is 0.820. The van der Waals surface area contributed by atoms with Crippen LogP contribution in [0.4, 0.5) is 4.39 Å². The van der Waals surface area contributed by atoms with Crippen LogP contribution in [0, 0.1) is 5.82 Å². The van der Waals surface area contributed by atoms with Gasteiger partial charge in [0.2, 0.25) is 0 Å². The van der Waals surface area contributed by atoms with E-state index < -0.39 is 0 Å². The van der Waals surface area contributed by atoms with Crippen molar-refractivity contribution >= 4 is 11.6 Å². The SMILES string of the molecule is CCCNCc1ccc(-c2ccc(F)cc2Cl)o1. The van der Waals surface area contributed by atoms with E-state index in [0.717, 1.165) is 18.7 Å². The van der Waals surface area contributed by atoms with Crippen molar-refractivity contribution in [1.82, 2.24) is 5.32 Å². The number of rotatable bonds is 5. The summed E-state index contributed by atoms with van der Waals surface area (Å²) in [6.07, 6.45) is 1.08. The van der Waals surface area contributed by atoms with Gasteiger partial charge in [-0.2, -0.15) is 0 Å². The first-order valence-corrected chi connectivity index (χ1v) is 6.33. The predicted molar refractivity (Wildman–Crippen MR) is 71.1 cm³/mol. The van der Waals surface area contributed by atoms with Crippen LogP contribution in [-0.4, -0.2) is 6.54 Å². The van der Waals surface area contributed by atoms with Gasteiger partial charge in [-0.1, -0.05) is 18.5 Å². The molecule has 0 aliphatic carbocycles. The fourth-order valence-electron chi connectivity index (χ4n) is 1.70. The Kier molecular flexibility index (Phi) is 4.39. The van der Waals surface area contributed by atoms with E-state index in [0.29, 0.717) is 22.9 Å². The first kappa shape index (κ1) is 13.1. The molecule has 2 aromatic rings. The van der Waals surface area contributed by atoms with Crippen LogP contribution in [0.25, 0.3) is 11.3 Å². The molecular formula is C14H15ClFNO. The van der Waals surface area contributed by atoms with Crippen molar-refractivity contribution in [3.05, 3.63) is 46.9 Å². The lowest BCUT2D eigenvalue weighted by Crippen LogP contribution is -2.12. The van der Waals surface area contributed by atoms with Crippen LogP contribution in [0.5, 0.6) is 0 Å². The summed E-state index contributed by atoms with van der Waals surface area (Å²) in [7, 11) is 0. The van der Waals surface area contributed by atoms with E-state index in [1.165, 1.54) is 12.1 Å². The molecule has 1 heterocycles. The summed E-state index contributed by atoms with van der Waals surface area (Å²) in [5.74, 6) is 1.16. The highest BCUT2D eigenvalue weighted by Gasteiger charge is 2.09. The van der Waals surface area contributed by atoms with Gasteiger partial charge in [-0.05, 0) is 43.3 Å². The minimum absolute atomic E-state index is 0.347. The molecule has 0 saturated heterocycles. The number of furan rings is 1. The Balaban J connectivity index is 2.13. The van der Waals surface area contributed by atoms with Crippen LogP contribution >= 0.6 is 11.6 Å². The Labute approximate surface area is 111 Å². The van der Waals surface area contributed by atoms with Gasteiger partial charge in [-0.3, -0.25) is 0 Å². The van der Waals surface area contributed by atoms with Crippen molar-refractivity contribution in [2.45, 2.75) is 19.9 Å². The molecule has 0 atom stereocenters. The van der Waals surface area contributed by atoms with Crippen LogP contribution < -0.4 is 5.32 Å². The molecule has 2 nitrogen and oxygen atoms in total. The van der Waals surface area contributed by atoms with Crippen LogP contribution in [0.2, 0.25) is 5.02 Å². The average Bonchev–Trinajstić information content (AvgIpc) is 2.78. The zero-order valence-electron chi connectivity index (χ0n) is 10.2. The van der Waals surface area contributed by atoms with E-state index in [9.17, 15) is 4.39 Å². The number of halogens is 2. The highest BCUT2D eigenvalue weighted by Crippen LogP contribution is 2.29. The molecule has 1 N–H and O–H groups in total. The maximum absolute atomic E-state index is 12.9. The topological polar surface area (TPSA) is 25.2 Å². The average molecular weight is 268 g/mol. The van der Waals surface area contributed by atoms with Crippen LogP contribution in [0.15, 0.2) is 34.7 Å². The number of benzene rings is 1. The molecule has 0 aliphatic rings. The van der Waals surface area contributed by atoms with E-state index >= 15 is 0 Å². The minimum atomic E-state index is -0.347. The summed E-state index contributed by atoms with van der Waals surface area (Å²) >= 11 is 5.98. The van der Waals surface area contributed by atoms with Gasteiger partial charge in [0.25, 0.3) is 0 Å². The zero-order chi connectivity index (χ0) is 13.0. The van der Waals surface area contributed by atoms with Crippen molar-refractivity contribution in [1.29, 1.82) is 0 Å². The summed E-state index contributed by atoms with van der Waals surface area (Å²) < 4.78 is 18.6. The molecule has 0 fully saturated rings. The van der Waals surface area contributed by atoms with Gasteiger partial charge >= 0.3 is 0 Å². The van der Waals surface area contributed by atoms with Gasteiger partial charge in [-0.25, -0.2) is 4.39 Å². The van der Waals surface area contributed by atoms with E-state index in [4.69, 9.17) is 16.0 Å². The highest BCUT2D eigenvalue weighted by atomic mass is 35.5. The molecule has 0 unspecified atom stereocenters. The lowest BCUT2D eigenvalue weighted by molar-refractivity contribution is 0.493. The lowest BCUT2D eigenvalue weighted by atomic mass is 10.2. The van der Waals surface area contributed by atoms with Crippen molar-refractivity contribution in [3.63, 3.8) is 0 Å².